The van der Waals surface area contributed by atoms with Crippen molar-refractivity contribution in [2.45, 2.75) is 0 Å². The molecule has 0 aromatic heterocycles. The van der Waals surface area contributed by atoms with Gasteiger partial charge in [-0.25, -0.2) is 0 Å². The number of thioether (sulfide) groups is 1. The van der Waals surface area contributed by atoms with Gasteiger partial charge in [0.05, 0.1) is 11.3 Å². The molecule has 1 amide bonds. The molecule has 2 aromatic carbocycles. The van der Waals surface area contributed by atoms with E-state index in [0.29, 0.717) is 10.2 Å². The first-order valence-corrected chi connectivity index (χ1v) is 8.81. The van der Waals surface area contributed by atoms with Gasteiger partial charge in [-0.1, -0.05) is 65.8 Å². The van der Waals surface area contributed by atoms with Crippen LogP contribution in [0.4, 0.5) is 0 Å². The maximum atomic E-state index is 12.4. The van der Waals surface area contributed by atoms with Gasteiger partial charge in [0.25, 0.3) is 5.91 Å². The number of carbonyl (C=O) groups excluding carboxylic acids is 1. The number of nitrogens with one attached hydrogen (secondary N) is 1. The number of hydrogen-bond acceptors (Lipinski definition) is 3. The molecule has 4 nitrogen and oxygen atoms in total. The molecule has 2 aromatic rings. The van der Waals surface area contributed by atoms with Gasteiger partial charge in [0.2, 0.25) is 0 Å². The molecular weight excluding hydrogens is 354 g/mol. The van der Waals surface area contributed by atoms with Gasteiger partial charge in [-0.2, -0.15) is 4.99 Å². The lowest BCUT2D eigenvalue weighted by Crippen LogP contribution is -2.38. The number of rotatable bonds is 2. The molecule has 2 aliphatic rings. The van der Waals surface area contributed by atoms with Crippen LogP contribution >= 0.6 is 23.4 Å². The zero-order chi connectivity index (χ0) is 17.4. The van der Waals surface area contributed by atoms with Crippen LogP contribution in [-0.4, -0.2) is 21.8 Å². The summed E-state index contributed by atoms with van der Waals surface area (Å²) < 4.78 is 0. The summed E-state index contributed by atoms with van der Waals surface area (Å²) in [6.07, 6.45) is 1.66. The van der Waals surface area contributed by atoms with Gasteiger partial charge in [0.15, 0.2) is 5.17 Å². The molecule has 6 heteroatoms. The van der Waals surface area contributed by atoms with Crippen molar-refractivity contribution < 1.29 is 4.79 Å². The molecule has 25 heavy (non-hydrogen) atoms. The number of benzene rings is 2. The van der Waals surface area contributed by atoms with Crippen molar-refractivity contribution in [2.24, 2.45) is 4.99 Å². The number of aliphatic imine (C=N–C) groups is 1. The van der Waals surface area contributed by atoms with E-state index in [2.05, 4.69) is 4.99 Å². The van der Waals surface area contributed by atoms with E-state index in [4.69, 9.17) is 17.0 Å². The van der Waals surface area contributed by atoms with Gasteiger partial charge in [-0.05, 0) is 29.3 Å². The number of hydrogen-bond donors (Lipinski definition) is 1. The lowest BCUT2D eigenvalue weighted by atomic mass is 10.1. The highest BCUT2D eigenvalue weighted by atomic mass is 35.5. The largest absolute Gasteiger partial charge is 0.283 e. The van der Waals surface area contributed by atoms with Crippen molar-refractivity contribution in [2.75, 3.05) is 0 Å². The zero-order valence-electron chi connectivity index (χ0n) is 12.9. The van der Waals surface area contributed by atoms with Crippen molar-refractivity contribution in [3.8, 4) is 0 Å². The second-order valence-corrected chi connectivity index (χ2v) is 6.76. The van der Waals surface area contributed by atoms with Crippen LogP contribution in [0.25, 0.3) is 11.8 Å². The van der Waals surface area contributed by atoms with Gasteiger partial charge in [0.1, 0.15) is 5.84 Å². The van der Waals surface area contributed by atoms with E-state index in [0.717, 1.165) is 16.8 Å². The third-order valence-corrected chi connectivity index (χ3v) is 4.90. The van der Waals surface area contributed by atoms with Crippen molar-refractivity contribution in [1.82, 2.24) is 4.90 Å². The van der Waals surface area contributed by atoms with Crippen LogP contribution in [0.1, 0.15) is 11.1 Å². The summed E-state index contributed by atoms with van der Waals surface area (Å²) in [5, 5.41) is 11.6. The first kappa shape index (κ1) is 15.9. The number of nitrogens with zero attached hydrogens (tertiary/aromatic N) is 2. The number of fused-ring (bicyclic) bond motifs is 1. The number of amidine groups is 2. The molecule has 0 bridgehead atoms. The number of carbonyl (C=O) groups is 1. The van der Waals surface area contributed by atoms with Gasteiger partial charge in [0, 0.05) is 10.4 Å². The van der Waals surface area contributed by atoms with Gasteiger partial charge < -0.3 is 0 Å². The molecule has 0 saturated carbocycles. The Morgan fingerprint density at radius 3 is 2.68 bits per heavy atom. The van der Waals surface area contributed by atoms with E-state index in [1.165, 1.54) is 11.8 Å². The molecule has 0 spiro atoms. The average Bonchev–Trinajstić information content (AvgIpc) is 3.03. The fraction of sp³-hybridized carbons (Fsp3) is 0. The van der Waals surface area contributed by atoms with Crippen LogP contribution in [0.3, 0.4) is 0 Å². The molecule has 0 atom stereocenters. The van der Waals surface area contributed by atoms with Crippen LogP contribution in [-0.2, 0) is 4.79 Å². The second kappa shape index (κ2) is 6.35. The summed E-state index contributed by atoms with van der Waals surface area (Å²) in [5.41, 5.74) is 2.83. The van der Waals surface area contributed by atoms with Crippen LogP contribution in [0, 0.1) is 5.41 Å². The molecule has 4 rings (SSSR count). The van der Waals surface area contributed by atoms with E-state index in [9.17, 15) is 4.79 Å². The van der Waals surface area contributed by atoms with E-state index in [1.807, 2.05) is 41.8 Å². The van der Waals surface area contributed by atoms with Crippen molar-refractivity contribution in [1.29, 1.82) is 5.41 Å². The van der Waals surface area contributed by atoms with Crippen molar-refractivity contribution in [3.63, 3.8) is 0 Å². The molecule has 0 unspecified atom stereocenters. The third-order valence-electron chi connectivity index (χ3n) is 3.84. The van der Waals surface area contributed by atoms with Crippen LogP contribution in [0.2, 0.25) is 5.02 Å². The van der Waals surface area contributed by atoms with E-state index in [-0.39, 0.29) is 11.4 Å². The Labute approximate surface area is 154 Å². The number of halogens is 1. The van der Waals surface area contributed by atoms with Crippen molar-refractivity contribution in [3.05, 3.63) is 81.7 Å². The fourth-order valence-corrected chi connectivity index (χ4v) is 3.77. The molecule has 0 fully saturated rings. The highest BCUT2D eigenvalue weighted by Crippen LogP contribution is 2.37. The summed E-state index contributed by atoms with van der Waals surface area (Å²) >= 11 is 7.36. The van der Waals surface area contributed by atoms with E-state index < -0.39 is 5.91 Å². The minimum absolute atomic E-state index is 0.120. The minimum atomic E-state index is -0.411. The molecule has 0 saturated heterocycles. The quantitative estimate of drug-likeness (QED) is 0.788. The van der Waals surface area contributed by atoms with Crippen LogP contribution in [0.15, 0.2) is 70.6 Å². The SMILES string of the molecule is N=C1/C(=C/c2cccc(Cl)c2)C(=O)N=C2SC=C(c3ccccc3)N12. The first-order chi connectivity index (χ1) is 12.1. The normalized spacial score (nSPS) is 18.3. The predicted octanol–water partition coefficient (Wildman–Crippen LogP) is 4.64. The Balaban J connectivity index is 1.75. The minimum Gasteiger partial charge on any atom is -0.283 e. The summed E-state index contributed by atoms with van der Waals surface area (Å²) in [5.74, 6) is -0.290. The van der Waals surface area contributed by atoms with Crippen molar-refractivity contribution >= 4 is 52.0 Å². The standard InChI is InChI=1S/C19H12ClN3OS/c20-14-8-4-5-12(9-14)10-15-17(21)23-16(13-6-2-1-3-7-13)11-25-19(23)22-18(15)24/h1-11,21H/b15-10-,21-17?. The van der Waals surface area contributed by atoms with Gasteiger partial charge >= 0.3 is 0 Å². The Hall–Kier alpha value is -2.63. The predicted molar refractivity (Wildman–Crippen MR) is 103 cm³/mol. The molecular formula is C19H12ClN3OS. The Bertz CT molecular complexity index is 979. The molecule has 1 N–H and O–H groups in total. The average molecular weight is 366 g/mol. The maximum absolute atomic E-state index is 12.4. The molecule has 2 heterocycles. The zero-order valence-corrected chi connectivity index (χ0v) is 14.5. The van der Waals surface area contributed by atoms with E-state index in [1.54, 1.807) is 29.2 Å². The lowest BCUT2D eigenvalue weighted by Gasteiger charge is -2.26. The number of amides is 1. The fourth-order valence-electron chi connectivity index (χ4n) is 2.68. The summed E-state index contributed by atoms with van der Waals surface area (Å²) in [7, 11) is 0. The van der Waals surface area contributed by atoms with Crippen LogP contribution < -0.4 is 0 Å². The Morgan fingerprint density at radius 1 is 1.12 bits per heavy atom. The highest BCUT2D eigenvalue weighted by molar-refractivity contribution is 8.17. The molecule has 2 aliphatic heterocycles. The van der Waals surface area contributed by atoms with Gasteiger partial charge in [-0.15, -0.1) is 0 Å². The highest BCUT2D eigenvalue weighted by Gasteiger charge is 2.36. The van der Waals surface area contributed by atoms with Crippen LogP contribution in [0.5, 0.6) is 0 Å². The Kier molecular flexibility index (Phi) is 4.03. The monoisotopic (exact) mass is 365 g/mol. The summed E-state index contributed by atoms with van der Waals surface area (Å²) in [6.45, 7) is 0. The molecule has 122 valence electrons. The lowest BCUT2D eigenvalue weighted by molar-refractivity contribution is -0.114. The van der Waals surface area contributed by atoms with E-state index >= 15 is 0 Å². The Morgan fingerprint density at radius 2 is 1.92 bits per heavy atom. The van der Waals surface area contributed by atoms with Gasteiger partial charge in [-0.3, -0.25) is 15.1 Å². The first-order valence-electron chi connectivity index (χ1n) is 7.55. The molecule has 0 aliphatic carbocycles. The second-order valence-electron chi connectivity index (χ2n) is 5.48. The summed E-state index contributed by atoms with van der Waals surface area (Å²) in [6, 6.07) is 16.9. The topological polar surface area (TPSA) is 56.5 Å². The molecule has 0 radical (unpaired) electrons. The maximum Gasteiger partial charge on any atom is 0.283 e. The third kappa shape index (κ3) is 2.92. The smallest absolute Gasteiger partial charge is 0.283 e. The summed E-state index contributed by atoms with van der Waals surface area (Å²) in [4.78, 5) is 18.2.